The number of para-hydroxylation sites is 2. The van der Waals surface area contributed by atoms with E-state index in [1.165, 1.54) is 39.0 Å². The summed E-state index contributed by atoms with van der Waals surface area (Å²) < 4.78 is 0. The summed E-state index contributed by atoms with van der Waals surface area (Å²) in [7, 11) is 0. The summed E-state index contributed by atoms with van der Waals surface area (Å²) in [6.45, 7) is 0. The van der Waals surface area contributed by atoms with Crippen molar-refractivity contribution in [3.8, 4) is 11.1 Å². The number of hydrogen-bond donors (Lipinski definition) is 0. The summed E-state index contributed by atoms with van der Waals surface area (Å²) in [6, 6.07) is 68.5. The van der Waals surface area contributed by atoms with Gasteiger partial charge in [-0.2, -0.15) is 0 Å². The zero-order valence-electron chi connectivity index (χ0n) is 26.2. The van der Waals surface area contributed by atoms with Crippen molar-refractivity contribution in [1.29, 1.82) is 0 Å². The highest BCUT2D eigenvalue weighted by Crippen LogP contribution is 2.34. The highest BCUT2D eigenvalue weighted by molar-refractivity contribution is 5.92. The Kier molecular flexibility index (Phi) is 8.97. The molecule has 224 valence electrons. The lowest BCUT2D eigenvalue weighted by Crippen LogP contribution is -2.09. The van der Waals surface area contributed by atoms with Crippen LogP contribution in [0.5, 0.6) is 0 Å². The molecule has 1 nitrogen and oxygen atoms in total. The fraction of sp³-hybridized carbons (Fsp3) is 0. The van der Waals surface area contributed by atoms with Crippen LogP contribution in [0.25, 0.3) is 34.9 Å². The third-order valence-electron chi connectivity index (χ3n) is 8.28. The zero-order valence-corrected chi connectivity index (χ0v) is 26.2. The summed E-state index contributed by atoms with van der Waals surface area (Å²) in [4.78, 5) is 2.28. The maximum Gasteiger partial charge on any atom is 0.0462 e. The molecule has 0 aliphatic rings. The van der Waals surface area contributed by atoms with E-state index in [1.807, 2.05) is 0 Å². The molecule has 7 rings (SSSR count). The molecule has 0 saturated carbocycles. The second-order valence-electron chi connectivity index (χ2n) is 11.5. The molecular formula is C46H35N. The van der Waals surface area contributed by atoms with Crippen LogP contribution in [0, 0.1) is 0 Å². The molecule has 47 heavy (non-hydrogen) atoms. The van der Waals surface area contributed by atoms with Gasteiger partial charge < -0.3 is 4.90 Å². The van der Waals surface area contributed by atoms with E-state index in [9.17, 15) is 0 Å². The fourth-order valence-electron chi connectivity index (χ4n) is 5.82. The Labute approximate surface area is 278 Å². The third kappa shape index (κ3) is 7.22. The van der Waals surface area contributed by atoms with Crippen molar-refractivity contribution < 1.29 is 0 Å². The van der Waals surface area contributed by atoms with E-state index < -0.39 is 0 Å². The van der Waals surface area contributed by atoms with E-state index >= 15 is 0 Å². The van der Waals surface area contributed by atoms with Crippen molar-refractivity contribution in [1.82, 2.24) is 0 Å². The molecule has 0 N–H and O–H groups in total. The Hall–Kier alpha value is -6.18. The highest BCUT2D eigenvalue weighted by atomic mass is 15.1. The average Bonchev–Trinajstić information content (AvgIpc) is 3.16. The molecule has 0 aliphatic carbocycles. The SMILES string of the molecule is C(=C\c1ccc(N(c2ccccc2)c2ccccc2)cc1)/c1ccc(-c2ccc(/C(=C/c3ccccc3)c3ccccc3)cc2)cc1. The van der Waals surface area contributed by atoms with Gasteiger partial charge in [-0.25, -0.2) is 0 Å². The van der Waals surface area contributed by atoms with Gasteiger partial charge in [0.25, 0.3) is 0 Å². The van der Waals surface area contributed by atoms with E-state index in [4.69, 9.17) is 0 Å². The maximum absolute atomic E-state index is 2.28. The van der Waals surface area contributed by atoms with Crippen molar-refractivity contribution in [2.24, 2.45) is 0 Å². The number of hydrogen-bond acceptors (Lipinski definition) is 1. The predicted octanol–water partition coefficient (Wildman–Crippen LogP) is 12.6. The van der Waals surface area contributed by atoms with Gasteiger partial charge in [-0.15, -0.1) is 0 Å². The molecule has 0 amide bonds. The number of benzene rings is 7. The van der Waals surface area contributed by atoms with Crippen molar-refractivity contribution >= 4 is 40.9 Å². The average molecular weight is 602 g/mol. The molecule has 7 aromatic carbocycles. The first-order valence-electron chi connectivity index (χ1n) is 16.0. The Morgan fingerprint density at radius 2 is 0.702 bits per heavy atom. The number of anilines is 3. The van der Waals surface area contributed by atoms with Crippen LogP contribution in [0.3, 0.4) is 0 Å². The van der Waals surface area contributed by atoms with Gasteiger partial charge in [-0.1, -0.05) is 170 Å². The van der Waals surface area contributed by atoms with Crippen molar-refractivity contribution in [2.45, 2.75) is 0 Å². The van der Waals surface area contributed by atoms with Crippen LogP contribution < -0.4 is 4.90 Å². The minimum Gasteiger partial charge on any atom is -0.311 e. The molecule has 0 radical (unpaired) electrons. The largest absolute Gasteiger partial charge is 0.311 e. The first-order valence-corrected chi connectivity index (χ1v) is 16.0. The Morgan fingerprint density at radius 3 is 1.21 bits per heavy atom. The van der Waals surface area contributed by atoms with Gasteiger partial charge in [0.15, 0.2) is 0 Å². The monoisotopic (exact) mass is 601 g/mol. The smallest absolute Gasteiger partial charge is 0.0462 e. The summed E-state index contributed by atoms with van der Waals surface area (Å²) in [6.07, 6.45) is 6.61. The first-order chi connectivity index (χ1) is 23.3. The number of rotatable bonds is 9. The van der Waals surface area contributed by atoms with E-state index in [0.717, 1.165) is 22.6 Å². The normalized spacial score (nSPS) is 11.4. The van der Waals surface area contributed by atoms with Crippen LogP contribution in [0.1, 0.15) is 27.8 Å². The standard InChI is InChI=1S/C46H35N/c1-5-13-38(14-6-1)35-46(41-15-7-2-8-16-41)42-31-29-40(30-32-42)39-27-23-36(24-28-39)21-22-37-25-33-45(34-26-37)47(43-17-9-3-10-18-43)44-19-11-4-12-20-44/h1-35H/b22-21+,46-35+. The van der Waals surface area contributed by atoms with Gasteiger partial charge in [-0.3, -0.25) is 0 Å². The van der Waals surface area contributed by atoms with Gasteiger partial charge in [0.2, 0.25) is 0 Å². The Morgan fingerprint density at radius 1 is 0.319 bits per heavy atom. The minimum atomic E-state index is 1.13. The summed E-state index contributed by atoms with van der Waals surface area (Å²) in [5, 5.41) is 0. The van der Waals surface area contributed by atoms with Gasteiger partial charge in [0.05, 0.1) is 0 Å². The van der Waals surface area contributed by atoms with Crippen LogP contribution in [0.15, 0.2) is 194 Å². The van der Waals surface area contributed by atoms with Crippen molar-refractivity contribution in [3.63, 3.8) is 0 Å². The molecule has 0 heterocycles. The Bertz CT molecular complexity index is 2020. The molecule has 0 aliphatic heterocycles. The summed E-state index contributed by atoms with van der Waals surface area (Å²) in [5.74, 6) is 0. The van der Waals surface area contributed by atoms with Crippen LogP contribution in [-0.2, 0) is 0 Å². The van der Waals surface area contributed by atoms with Gasteiger partial charge in [-0.05, 0) is 87.0 Å². The predicted molar refractivity (Wildman–Crippen MR) is 202 cm³/mol. The van der Waals surface area contributed by atoms with Gasteiger partial charge in [0, 0.05) is 17.1 Å². The van der Waals surface area contributed by atoms with Crippen molar-refractivity contribution in [2.75, 3.05) is 4.90 Å². The molecular weight excluding hydrogens is 567 g/mol. The zero-order chi connectivity index (χ0) is 31.7. The fourth-order valence-corrected chi connectivity index (χ4v) is 5.82. The van der Waals surface area contributed by atoms with Crippen LogP contribution in [0.4, 0.5) is 17.1 Å². The Balaban J connectivity index is 1.07. The molecule has 1 heteroatoms. The van der Waals surface area contributed by atoms with Crippen LogP contribution >= 0.6 is 0 Å². The molecule has 0 spiro atoms. The molecule has 0 atom stereocenters. The quantitative estimate of drug-likeness (QED) is 0.149. The van der Waals surface area contributed by atoms with Crippen LogP contribution in [-0.4, -0.2) is 0 Å². The third-order valence-corrected chi connectivity index (χ3v) is 8.28. The van der Waals surface area contributed by atoms with Gasteiger partial charge >= 0.3 is 0 Å². The molecule has 0 aromatic heterocycles. The minimum absolute atomic E-state index is 1.13. The molecule has 0 fully saturated rings. The van der Waals surface area contributed by atoms with Gasteiger partial charge in [0.1, 0.15) is 0 Å². The molecule has 0 saturated heterocycles. The number of nitrogens with zero attached hydrogens (tertiary/aromatic N) is 1. The van der Waals surface area contributed by atoms with E-state index in [-0.39, 0.29) is 0 Å². The molecule has 0 bridgehead atoms. The van der Waals surface area contributed by atoms with E-state index in [2.05, 4.69) is 217 Å². The topological polar surface area (TPSA) is 3.24 Å². The van der Waals surface area contributed by atoms with E-state index in [0.29, 0.717) is 0 Å². The molecule has 7 aromatic rings. The lowest BCUT2D eigenvalue weighted by molar-refractivity contribution is 1.28. The van der Waals surface area contributed by atoms with E-state index in [1.54, 1.807) is 0 Å². The lowest BCUT2D eigenvalue weighted by Gasteiger charge is -2.25. The second kappa shape index (κ2) is 14.3. The molecule has 0 unspecified atom stereocenters. The summed E-state index contributed by atoms with van der Waals surface area (Å²) >= 11 is 0. The lowest BCUT2D eigenvalue weighted by atomic mass is 9.94. The maximum atomic E-state index is 2.28. The second-order valence-corrected chi connectivity index (χ2v) is 11.5. The van der Waals surface area contributed by atoms with Crippen molar-refractivity contribution in [3.05, 3.63) is 222 Å². The highest BCUT2D eigenvalue weighted by Gasteiger charge is 2.11. The summed E-state index contributed by atoms with van der Waals surface area (Å²) in [5.41, 5.74) is 12.9. The van der Waals surface area contributed by atoms with Crippen LogP contribution in [0.2, 0.25) is 0 Å². The first kappa shape index (κ1) is 29.5.